The second kappa shape index (κ2) is 4.57. The molecule has 0 unspecified atom stereocenters. The van der Waals surface area contributed by atoms with Crippen LogP contribution in [0.3, 0.4) is 0 Å². The highest BCUT2D eigenvalue weighted by molar-refractivity contribution is 5.62. The van der Waals surface area contributed by atoms with Crippen LogP contribution in [0.2, 0.25) is 0 Å². The molecule has 16 heavy (non-hydrogen) atoms. The zero-order chi connectivity index (χ0) is 11.4. The predicted octanol–water partition coefficient (Wildman–Crippen LogP) is 3.81. The summed E-state index contributed by atoms with van der Waals surface area (Å²) in [6.45, 7) is 2.00. The Morgan fingerprint density at radius 2 is 1.44 bits per heavy atom. The van der Waals surface area contributed by atoms with E-state index in [2.05, 4.69) is 5.29 Å². The van der Waals surface area contributed by atoms with E-state index in [1.54, 1.807) is 0 Å². The van der Waals surface area contributed by atoms with Crippen LogP contribution >= 0.6 is 0 Å². The van der Waals surface area contributed by atoms with E-state index in [0.29, 0.717) is 0 Å². The van der Waals surface area contributed by atoms with Gasteiger partial charge in [-0.25, -0.2) is 0 Å². The van der Waals surface area contributed by atoms with Gasteiger partial charge >= 0.3 is 0 Å². The second-order valence-electron chi connectivity index (χ2n) is 3.56. The van der Waals surface area contributed by atoms with Gasteiger partial charge in [0.05, 0.1) is 16.7 Å². The Bertz CT molecular complexity index is 465. The maximum absolute atomic E-state index is 10.9. The molecule has 3 nitrogen and oxygen atoms in total. The SMILES string of the molecule is Cc1ccc(N(N=O)c2ccccc2)cc1. The number of rotatable bonds is 3. The molecule has 0 aliphatic carbocycles. The minimum atomic E-state index is 0.765. The molecule has 3 heteroatoms. The summed E-state index contributed by atoms with van der Waals surface area (Å²) in [5.74, 6) is 0. The van der Waals surface area contributed by atoms with Crippen LogP contribution in [0.1, 0.15) is 5.56 Å². The largest absolute Gasteiger partial charge is 0.197 e. The minimum Gasteiger partial charge on any atom is -0.197 e. The Hall–Kier alpha value is -2.16. The average molecular weight is 212 g/mol. The fraction of sp³-hybridized carbons (Fsp3) is 0.0769. The van der Waals surface area contributed by atoms with Crippen LogP contribution in [0, 0.1) is 11.8 Å². The zero-order valence-electron chi connectivity index (χ0n) is 9.00. The molecule has 2 aromatic rings. The molecule has 0 amide bonds. The lowest BCUT2D eigenvalue weighted by molar-refractivity contribution is 1.07. The first-order valence-corrected chi connectivity index (χ1v) is 5.06. The summed E-state index contributed by atoms with van der Waals surface area (Å²) in [5, 5.41) is 4.42. The van der Waals surface area contributed by atoms with Crippen molar-refractivity contribution in [3.05, 3.63) is 65.1 Å². The number of anilines is 2. The van der Waals surface area contributed by atoms with Crippen molar-refractivity contribution < 1.29 is 0 Å². The van der Waals surface area contributed by atoms with Crippen LogP contribution < -0.4 is 5.01 Å². The van der Waals surface area contributed by atoms with Crippen LogP contribution in [-0.2, 0) is 0 Å². The molecule has 0 fully saturated rings. The van der Waals surface area contributed by atoms with Gasteiger partial charge in [0, 0.05) is 0 Å². The molecule has 0 saturated heterocycles. The van der Waals surface area contributed by atoms with Gasteiger partial charge in [-0.1, -0.05) is 35.9 Å². The van der Waals surface area contributed by atoms with Crippen LogP contribution in [-0.4, -0.2) is 0 Å². The van der Waals surface area contributed by atoms with E-state index in [4.69, 9.17) is 0 Å². The van der Waals surface area contributed by atoms with E-state index in [9.17, 15) is 4.91 Å². The highest BCUT2D eigenvalue weighted by Crippen LogP contribution is 2.25. The molecule has 2 aromatic carbocycles. The molecule has 0 aromatic heterocycles. The minimum absolute atomic E-state index is 0.765. The van der Waals surface area contributed by atoms with Gasteiger partial charge < -0.3 is 0 Å². The fourth-order valence-corrected chi connectivity index (χ4v) is 1.50. The number of nitroso groups, excluding NO2 is 1. The predicted molar refractivity (Wildman–Crippen MR) is 65.6 cm³/mol. The van der Waals surface area contributed by atoms with E-state index in [-0.39, 0.29) is 0 Å². The first-order valence-electron chi connectivity index (χ1n) is 5.06. The zero-order valence-corrected chi connectivity index (χ0v) is 9.00. The van der Waals surface area contributed by atoms with Gasteiger partial charge in [-0.3, -0.25) is 0 Å². The first-order chi connectivity index (χ1) is 7.81. The summed E-state index contributed by atoms with van der Waals surface area (Å²) in [6.07, 6.45) is 0. The average Bonchev–Trinajstić information content (AvgIpc) is 2.34. The van der Waals surface area contributed by atoms with Gasteiger partial charge in [0.2, 0.25) is 0 Å². The molecular formula is C13H12N2O. The summed E-state index contributed by atoms with van der Waals surface area (Å²) in [7, 11) is 0. The van der Waals surface area contributed by atoms with Crippen LogP contribution in [0.5, 0.6) is 0 Å². The molecule has 0 aliphatic rings. The third-order valence-electron chi connectivity index (χ3n) is 2.36. The van der Waals surface area contributed by atoms with Crippen molar-refractivity contribution in [1.82, 2.24) is 0 Å². The maximum Gasteiger partial charge on any atom is 0.0685 e. The Morgan fingerprint density at radius 3 is 2.00 bits per heavy atom. The van der Waals surface area contributed by atoms with Gasteiger partial charge in [-0.05, 0) is 31.2 Å². The Labute approximate surface area is 94.3 Å². The van der Waals surface area contributed by atoms with Gasteiger partial charge in [-0.15, -0.1) is 4.91 Å². The molecule has 0 heterocycles. The normalized spacial score (nSPS) is 9.81. The number of nitrogens with zero attached hydrogens (tertiary/aromatic N) is 2. The monoisotopic (exact) mass is 212 g/mol. The highest BCUT2D eigenvalue weighted by atomic mass is 16.3. The lowest BCUT2D eigenvalue weighted by Gasteiger charge is -2.15. The fourth-order valence-electron chi connectivity index (χ4n) is 1.50. The number of hydrogen-bond acceptors (Lipinski definition) is 2. The first kappa shape index (κ1) is 10.4. The molecule has 0 aliphatic heterocycles. The van der Waals surface area contributed by atoms with Crippen LogP contribution in [0.4, 0.5) is 11.4 Å². The van der Waals surface area contributed by atoms with E-state index < -0.39 is 0 Å². The van der Waals surface area contributed by atoms with E-state index >= 15 is 0 Å². The number of benzene rings is 2. The second-order valence-corrected chi connectivity index (χ2v) is 3.56. The molecular weight excluding hydrogens is 200 g/mol. The van der Waals surface area contributed by atoms with Crippen molar-refractivity contribution >= 4 is 11.4 Å². The van der Waals surface area contributed by atoms with Gasteiger partial charge in [0.25, 0.3) is 0 Å². The Kier molecular flexibility index (Phi) is 2.96. The molecule has 0 bridgehead atoms. The summed E-state index contributed by atoms with van der Waals surface area (Å²) in [5.41, 5.74) is 2.69. The van der Waals surface area contributed by atoms with Gasteiger partial charge in [0.15, 0.2) is 0 Å². The molecule has 0 N–H and O–H groups in total. The van der Waals surface area contributed by atoms with E-state index in [0.717, 1.165) is 16.9 Å². The van der Waals surface area contributed by atoms with Crippen molar-refractivity contribution in [2.45, 2.75) is 6.92 Å². The third-order valence-corrected chi connectivity index (χ3v) is 2.36. The number of aryl methyl sites for hydroxylation is 1. The van der Waals surface area contributed by atoms with Crippen molar-refractivity contribution in [2.24, 2.45) is 5.29 Å². The lowest BCUT2D eigenvalue weighted by atomic mass is 10.2. The summed E-state index contributed by atoms with van der Waals surface area (Å²) in [6, 6.07) is 17.0. The van der Waals surface area contributed by atoms with E-state index in [1.165, 1.54) is 5.01 Å². The lowest BCUT2D eigenvalue weighted by Crippen LogP contribution is -2.06. The summed E-state index contributed by atoms with van der Waals surface area (Å²) in [4.78, 5) is 10.9. The van der Waals surface area contributed by atoms with Gasteiger partial charge in [-0.2, -0.15) is 5.01 Å². The summed E-state index contributed by atoms with van der Waals surface area (Å²) >= 11 is 0. The molecule has 0 radical (unpaired) electrons. The quantitative estimate of drug-likeness (QED) is 0.572. The smallest absolute Gasteiger partial charge is 0.0685 e. The molecule has 2 rings (SSSR count). The molecule has 0 spiro atoms. The highest BCUT2D eigenvalue weighted by Gasteiger charge is 2.07. The third kappa shape index (κ3) is 2.08. The molecule has 0 saturated carbocycles. The molecule has 80 valence electrons. The van der Waals surface area contributed by atoms with Crippen LogP contribution in [0.15, 0.2) is 59.9 Å². The topological polar surface area (TPSA) is 32.7 Å². The van der Waals surface area contributed by atoms with Crippen molar-refractivity contribution in [2.75, 3.05) is 5.01 Å². The van der Waals surface area contributed by atoms with Crippen LogP contribution in [0.25, 0.3) is 0 Å². The maximum atomic E-state index is 10.9. The summed E-state index contributed by atoms with van der Waals surface area (Å²) < 4.78 is 0. The number of para-hydroxylation sites is 1. The Balaban J connectivity index is 2.37. The van der Waals surface area contributed by atoms with E-state index in [1.807, 2.05) is 61.5 Å². The Morgan fingerprint density at radius 1 is 0.875 bits per heavy atom. The van der Waals surface area contributed by atoms with Crippen molar-refractivity contribution in [1.29, 1.82) is 0 Å². The van der Waals surface area contributed by atoms with Gasteiger partial charge in [0.1, 0.15) is 0 Å². The standard InChI is InChI=1S/C13H12N2O/c1-11-7-9-13(10-8-11)15(14-16)12-5-3-2-4-6-12/h2-10H,1H3. The van der Waals surface area contributed by atoms with Crippen molar-refractivity contribution in [3.63, 3.8) is 0 Å². The van der Waals surface area contributed by atoms with Crippen molar-refractivity contribution in [3.8, 4) is 0 Å². The molecule has 0 atom stereocenters. The number of hydrogen-bond donors (Lipinski definition) is 0.